The van der Waals surface area contributed by atoms with E-state index in [0.717, 1.165) is 6.42 Å². The van der Waals surface area contributed by atoms with Crippen LogP contribution in [0, 0.1) is 5.92 Å². The van der Waals surface area contributed by atoms with Crippen LogP contribution in [0.5, 0.6) is 0 Å². The molecule has 2 unspecified atom stereocenters. The first-order chi connectivity index (χ1) is 9.52. The van der Waals surface area contributed by atoms with Crippen molar-refractivity contribution in [2.24, 2.45) is 5.92 Å². The number of carboxylic acids is 1. The van der Waals surface area contributed by atoms with E-state index in [9.17, 15) is 9.59 Å². The summed E-state index contributed by atoms with van der Waals surface area (Å²) in [4.78, 5) is 23.4. The highest BCUT2D eigenvalue weighted by molar-refractivity contribution is 6.02. The molecule has 1 aliphatic rings. The number of hydrogen-bond acceptors (Lipinski definition) is 4. The third-order valence-electron chi connectivity index (χ3n) is 3.48. The quantitative estimate of drug-likeness (QED) is 0.728. The monoisotopic (exact) mass is 278 g/mol. The van der Waals surface area contributed by atoms with Gasteiger partial charge in [0, 0.05) is 12.3 Å². The first-order valence-corrected chi connectivity index (χ1v) is 6.58. The maximum absolute atomic E-state index is 12.2. The van der Waals surface area contributed by atoms with Crippen molar-refractivity contribution in [3.63, 3.8) is 0 Å². The van der Waals surface area contributed by atoms with Crippen LogP contribution in [0.15, 0.2) is 18.2 Å². The number of hydrogen-bond donors (Lipinski definition) is 3. The SMILES string of the molecule is CCC1OCCC1C(=O)Nc1ccc(N)cc1C(=O)O. The van der Waals surface area contributed by atoms with Crippen LogP contribution in [0.25, 0.3) is 0 Å². The van der Waals surface area contributed by atoms with Gasteiger partial charge < -0.3 is 20.9 Å². The molecule has 1 aliphatic heterocycles. The van der Waals surface area contributed by atoms with Crippen molar-refractivity contribution >= 4 is 23.3 Å². The van der Waals surface area contributed by atoms with Gasteiger partial charge in [-0.3, -0.25) is 4.79 Å². The molecule has 0 saturated carbocycles. The number of rotatable bonds is 4. The Bertz CT molecular complexity index is 530. The molecule has 0 aliphatic carbocycles. The first kappa shape index (κ1) is 14.3. The second-order valence-corrected chi connectivity index (χ2v) is 4.81. The lowest BCUT2D eigenvalue weighted by atomic mass is 9.98. The number of ether oxygens (including phenoxy) is 1. The average molecular weight is 278 g/mol. The van der Waals surface area contributed by atoms with Crippen LogP contribution in [-0.2, 0) is 9.53 Å². The van der Waals surface area contributed by atoms with E-state index in [1.165, 1.54) is 12.1 Å². The van der Waals surface area contributed by atoms with Gasteiger partial charge in [0.2, 0.25) is 5.91 Å². The maximum Gasteiger partial charge on any atom is 0.337 e. The lowest BCUT2D eigenvalue weighted by molar-refractivity contribution is -0.121. The van der Waals surface area contributed by atoms with Crippen LogP contribution >= 0.6 is 0 Å². The zero-order chi connectivity index (χ0) is 14.7. The molecule has 0 bridgehead atoms. The molecule has 0 aromatic heterocycles. The Balaban J connectivity index is 2.17. The van der Waals surface area contributed by atoms with Gasteiger partial charge in [-0.1, -0.05) is 6.92 Å². The third kappa shape index (κ3) is 2.91. The zero-order valence-corrected chi connectivity index (χ0v) is 11.3. The van der Waals surface area contributed by atoms with Crippen molar-refractivity contribution in [3.8, 4) is 0 Å². The van der Waals surface area contributed by atoms with Gasteiger partial charge in [-0.05, 0) is 31.0 Å². The van der Waals surface area contributed by atoms with Gasteiger partial charge in [-0.25, -0.2) is 4.79 Å². The number of carbonyl (C=O) groups excluding carboxylic acids is 1. The molecule has 6 heteroatoms. The van der Waals surface area contributed by atoms with Crippen LogP contribution in [0.2, 0.25) is 0 Å². The highest BCUT2D eigenvalue weighted by atomic mass is 16.5. The fourth-order valence-electron chi connectivity index (χ4n) is 2.42. The number of carboxylic acid groups (broad SMARTS) is 1. The number of benzene rings is 1. The molecule has 1 heterocycles. The van der Waals surface area contributed by atoms with E-state index < -0.39 is 5.97 Å². The second-order valence-electron chi connectivity index (χ2n) is 4.81. The van der Waals surface area contributed by atoms with E-state index in [-0.39, 0.29) is 29.2 Å². The van der Waals surface area contributed by atoms with Crippen LogP contribution < -0.4 is 11.1 Å². The summed E-state index contributed by atoms with van der Waals surface area (Å²) in [6.07, 6.45) is 1.31. The number of nitrogen functional groups attached to an aromatic ring is 1. The fraction of sp³-hybridized carbons (Fsp3) is 0.429. The normalized spacial score (nSPS) is 21.6. The lowest BCUT2D eigenvalue weighted by Crippen LogP contribution is -2.29. The molecule has 1 saturated heterocycles. The number of nitrogens with two attached hydrogens (primary N) is 1. The molecule has 0 spiro atoms. The summed E-state index contributed by atoms with van der Waals surface area (Å²) in [5.41, 5.74) is 6.16. The van der Waals surface area contributed by atoms with Gasteiger partial charge >= 0.3 is 5.97 Å². The third-order valence-corrected chi connectivity index (χ3v) is 3.48. The van der Waals surface area contributed by atoms with Crippen molar-refractivity contribution in [2.45, 2.75) is 25.9 Å². The average Bonchev–Trinajstić information content (AvgIpc) is 2.89. The van der Waals surface area contributed by atoms with Crippen molar-refractivity contribution in [1.82, 2.24) is 0 Å². The Morgan fingerprint density at radius 2 is 2.25 bits per heavy atom. The zero-order valence-electron chi connectivity index (χ0n) is 11.3. The number of carbonyl (C=O) groups is 2. The van der Waals surface area contributed by atoms with E-state index in [1.807, 2.05) is 6.92 Å². The molecule has 6 nitrogen and oxygen atoms in total. The summed E-state index contributed by atoms with van der Waals surface area (Å²) >= 11 is 0. The Morgan fingerprint density at radius 3 is 2.90 bits per heavy atom. The van der Waals surface area contributed by atoms with Gasteiger partial charge in [0.05, 0.1) is 23.3 Å². The topological polar surface area (TPSA) is 102 Å². The largest absolute Gasteiger partial charge is 0.478 e. The number of anilines is 2. The second kappa shape index (κ2) is 5.92. The summed E-state index contributed by atoms with van der Waals surface area (Å²) in [5, 5.41) is 11.8. The van der Waals surface area contributed by atoms with Crippen LogP contribution in [-0.4, -0.2) is 29.7 Å². The number of nitrogens with one attached hydrogen (secondary N) is 1. The van der Waals surface area contributed by atoms with E-state index >= 15 is 0 Å². The highest BCUT2D eigenvalue weighted by Gasteiger charge is 2.33. The predicted octanol–water partition coefficient (Wildman–Crippen LogP) is 1.72. The molecule has 0 radical (unpaired) electrons. The van der Waals surface area contributed by atoms with E-state index in [2.05, 4.69) is 5.32 Å². The van der Waals surface area contributed by atoms with Crippen molar-refractivity contribution < 1.29 is 19.4 Å². The molecular weight excluding hydrogens is 260 g/mol. The molecule has 20 heavy (non-hydrogen) atoms. The molecular formula is C14H18N2O4. The van der Waals surface area contributed by atoms with E-state index in [0.29, 0.717) is 18.7 Å². The van der Waals surface area contributed by atoms with Gasteiger partial charge in [-0.2, -0.15) is 0 Å². The van der Waals surface area contributed by atoms with Crippen LogP contribution in [0.1, 0.15) is 30.1 Å². The summed E-state index contributed by atoms with van der Waals surface area (Å²) in [6, 6.07) is 4.40. The van der Waals surface area contributed by atoms with E-state index in [4.69, 9.17) is 15.6 Å². The Kier molecular flexibility index (Phi) is 4.24. The Hall–Kier alpha value is -2.08. The van der Waals surface area contributed by atoms with Gasteiger partial charge in [-0.15, -0.1) is 0 Å². The van der Waals surface area contributed by atoms with Gasteiger partial charge in [0.1, 0.15) is 0 Å². The lowest BCUT2D eigenvalue weighted by Gasteiger charge is -2.17. The molecule has 2 atom stereocenters. The van der Waals surface area contributed by atoms with Crippen molar-refractivity contribution in [3.05, 3.63) is 23.8 Å². The molecule has 1 aromatic carbocycles. The smallest absolute Gasteiger partial charge is 0.337 e. The molecule has 4 N–H and O–H groups in total. The first-order valence-electron chi connectivity index (χ1n) is 6.58. The minimum Gasteiger partial charge on any atom is -0.478 e. The fourth-order valence-corrected chi connectivity index (χ4v) is 2.42. The molecule has 1 aromatic rings. The summed E-state index contributed by atoms with van der Waals surface area (Å²) in [7, 11) is 0. The molecule has 1 amide bonds. The number of amides is 1. The Labute approximate surface area is 116 Å². The highest BCUT2D eigenvalue weighted by Crippen LogP contribution is 2.26. The minimum atomic E-state index is -1.12. The molecule has 108 valence electrons. The summed E-state index contributed by atoms with van der Waals surface area (Å²) < 4.78 is 5.47. The van der Waals surface area contributed by atoms with E-state index in [1.54, 1.807) is 6.07 Å². The standard InChI is InChI=1S/C14H18N2O4/c1-2-12-9(5-6-20-12)13(17)16-11-4-3-8(15)7-10(11)14(18)19/h3-4,7,9,12H,2,5-6,15H2,1H3,(H,16,17)(H,18,19). The summed E-state index contributed by atoms with van der Waals surface area (Å²) in [6.45, 7) is 2.52. The van der Waals surface area contributed by atoms with Crippen LogP contribution in [0.4, 0.5) is 11.4 Å². The van der Waals surface area contributed by atoms with Gasteiger partial charge in [0.25, 0.3) is 0 Å². The predicted molar refractivity (Wildman–Crippen MR) is 74.6 cm³/mol. The van der Waals surface area contributed by atoms with Crippen LogP contribution in [0.3, 0.4) is 0 Å². The van der Waals surface area contributed by atoms with Crippen molar-refractivity contribution in [2.75, 3.05) is 17.7 Å². The molecule has 1 fully saturated rings. The Morgan fingerprint density at radius 1 is 1.50 bits per heavy atom. The minimum absolute atomic E-state index is 0.00897. The number of aromatic carboxylic acids is 1. The maximum atomic E-state index is 12.2. The molecule has 2 rings (SSSR count). The summed E-state index contributed by atoms with van der Waals surface area (Å²) in [5.74, 6) is -1.57. The van der Waals surface area contributed by atoms with Gasteiger partial charge in [0.15, 0.2) is 0 Å². The van der Waals surface area contributed by atoms with Crippen molar-refractivity contribution in [1.29, 1.82) is 0 Å².